The van der Waals surface area contributed by atoms with E-state index in [4.69, 9.17) is 9.47 Å². The minimum absolute atomic E-state index is 0.0112. The van der Waals surface area contributed by atoms with Crippen molar-refractivity contribution >= 4 is 11.5 Å². The van der Waals surface area contributed by atoms with E-state index in [-0.39, 0.29) is 24.0 Å². The number of nitro benzene ring substituents is 1. The standard InChI is InChI=1S/C11H11NO5/c1-16-11-9(13)6-10(11)17-8-4-2-3-7(5-8)12(14)15/h2-5,10-11H,6H2,1H3. The third kappa shape index (κ3) is 2.26. The topological polar surface area (TPSA) is 78.7 Å². The lowest BCUT2D eigenvalue weighted by Crippen LogP contribution is -2.51. The largest absolute Gasteiger partial charge is 0.487 e. The summed E-state index contributed by atoms with van der Waals surface area (Å²) in [5.74, 6) is 0.363. The second-order valence-corrected chi connectivity index (χ2v) is 3.74. The van der Waals surface area contributed by atoms with Crippen LogP contribution in [0.25, 0.3) is 0 Å². The molecule has 0 spiro atoms. The van der Waals surface area contributed by atoms with E-state index in [1.807, 2.05) is 0 Å². The van der Waals surface area contributed by atoms with Crippen molar-refractivity contribution in [3.05, 3.63) is 34.4 Å². The molecule has 1 aromatic carbocycles. The Kier molecular flexibility index (Phi) is 3.06. The predicted octanol–water partition coefficient (Wildman–Crippen LogP) is 1.33. The molecule has 90 valence electrons. The normalized spacial score (nSPS) is 23.0. The van der Waals surface area contributed by atoms with Gasteiger partial charge in [0.05, 0.1) is 11.0 Å². The maximum Gasteiger partial charge on any atom is 0.273 e. The highest BCUT2D eigenvalue weighted by atomic mass is 16.6. The first kappa shape index (κ1) is 11.5. The molecule has 1 aliphatic rings. The number of carbonyl (C=O) groups is 1. The summed E-state index contributed by atoms with van der Waals surface area (Å²) in [7, 11) is 1.44. The van der Waals surface area contributed by atoms with E-state index in [1.54, 1.807) is 6.07 Å². The van der Waals surface area contributed by atoms with Gasteiger partial charge in [0.2, 0.25) is 0 Å². The van der Waals surface area contributed by atoms with Crippen LogP contribution in [0.3, 0.4) is 0 Å². The number of ether oxygens (including phenoxy) is 2. The van der Waals surface area contributed by atoms with Gasteiger partial charge in [0.15, 0.2) is 11.9 Å². The van der Waals surface area contributed by atoms with Crippen molar-refractivity contribution in [2.45, 2.75) is 18.6 Å². The van der Waals surface area contributed by atoms with Crippen molar-refractivity contribution in [2.24, 2.45) is 0 Å². The van der Waals surface area contributed by atoms with Crippen LogP contribution in [0.1, 0.15) is 6.42 Å². The molecule has 1 saturated carbocycles. The fourth-order valence-corrected chi connectivity index (χ4v) is 1.70. The molecule has 0 bridgehead atoms. The molecule has 0 amide bonds. The van der Waals surface area contributed by atoms with E-state index in [0.717, 1.165) is 0 Å². The number of hydrogen-bond donors (Lipinski definition) is 0. The number of nitro groups is 1. The van der Waals surface area contributed by atoms with Crippen LogP contribution in [0.15, 0.2) is 24.3 Å². The zero-order chi connectivity index (χ0) is 12.4. The maximum absolute atomic E-state index is 11.1. The molecule has 0 aliphatic heterocycles. The average molecular weight is 237 g/mol. The van der Waals surface area contributed by atoms with E-state index >= 15 is 0 Å². The molecular weight excluding hydrogens is 226 g/mol. The maximum atomic E-state index is 11.1. The summed E-state index contributed by atoms with van der Waals surface area (Å²) in [6, 6.07) is 5.86. The Balaban J connectivity index is 2.07. The van der Waals surface area contributed by atoms with Gasteiger partial charge in [-0.25, -0.2) is 0 Å². The van der Waals surface area contributed by atoms with Crippen molar-refractivity contribution in [1.82, 2.24) is 0 Å². The number of Topliss-reactive ketones (excluding diaryl/α,β-unsaturated/α-hetero) is 1. The lowest BCUT2D eigenvalue weighted by molar-refractivity contribution is -0.385. The minimum Gasteiger partial charge on any atom is -0.487 e. The highest BCUT2D eigenvalue weighted by Gasteiger charge is 2.42. The number of carbonyl (C=O) groups excluding carboxylic acids is 1. The van der Waals surface area contributed by atoms with Gasteiger partial charge in [-0.15, -0.1) is 0 Å². The molecule has 2 rings (SSSR count). The molecule has 0 aromatic heterocycles. The molecule has 1 fully saturated rings. The Labute approximate surface area is 97.3 Å². The van der Waals surface area contributed by atoms with Crippen molar-refractivity contribution in [2.75, 3.05) is 7.11 Å². The van der Waals surface area contributed by atoms with Gasteiger partial charge in [-0.05, 0) is 6.07 Å². The van der Waals surface area contributed by atoms with Crippen LogP contribution in [-0.4, -0.2) is 30.0 Å². The number of benzene rings is 1. The third-order valence-corrected chi connectivity index (χ3v) is 2.63. The van der Waals surface area contributed by atoms with E-state index in [1.165, 1.54) is 25.3 Å². The molecule has 2 unspecified atom stereocenters. The number of non-ortho nitro benzene ring substituents is 1. The summed E-state index contributed by atoms with van der Waals surface area (Å²) in [6.45, 7) is 0. The molecule has 0 saturated heterocycles. The van der Waals surface area contributed by atoms with Crippen molar-refractivity contribution < 1.29 is 19.2 Å². The van der Waals surface area contributed by atoms with Crippen molar-refractivity contribution in [3.8, 4) is 5.75 Å². The Morgan fingerprint density at radius 2 is 2.24 bits per heavy atom. The van der Waals surface area contributed by atoms with Crippen molar-refractivity contribution in [3.63, 3.8) is 0 Å². The Morgan fingerprint density at radius 3 is 2.82 bits per heavy atom. The molecule has 1 aliphatic carbocycles. The van der Waals surface area contributed by atoms with E-state index in [0.29, 0.717) is 5.75 Å². The first-order valence-electron chi connectivity index (χ1n) is 5.08. The number of rotatable bonds is 4. The van der Waals surface area contributed by atoms with Gasteiger partial charge in [-0.2, -0.15) is 0 Å². The second-order valence-electron chi connectivity index (χ2n) is 3.74. The van der Waals surface area contributed by atoms with Crippen molar-refractivity contribution in [1.29, 1.82) is 0 Å². The van der Waals surface area contributed by atoms with Gasteiger partial charge in [-0.1, -0.05) is 6.07 Å². The molecule has 6 heteroatoms. The molecule has 0 heterocycles. The zero-order valence-electron chi connectivity index (χ0n) is 9.16. The molecule has 0 N–H and O–H groups in total. The SMILES string of the molecule is COC1C(=O)CC1Oc1cccc([N+](=O)[O-])c1. The van der Waals surface area contributed by atoms with E-state index < -0.39 is 11.0 Å². The summed E-state index contributed by atoms with van der Waals surface area (Å²) >= 11 is 0. The van der Waals surface area contributed by atoms with Crippen LogP contribution in [0.4, 0.5) is 5.69 Å². The third-order valence-electron chi connectivity index (χ3n) is 2.63. The van der Waals surface area contributed by atoms with Gasteiger partial charge < -0.3 is 9.47 Å². The lowest BCUT2D eigenvalue weighted by Gasteiger charge is -2.33. The molecule has 1 aromatic rings. The molecule has 2 atom stereocenters. The van der Waals surface area contributed by atoms with Gasteiger partial charge in [0.25, 0.3) is 5.69 Å². The average Bonchev–Trinajstić information content (AvgIpc) is 2.29. The molecular formula is C11H11NO5. The Morgan fingerprint density at radius 1 is 1.47 bits per heavy atom. The first-order chi connectivity index (χ1) is 8.11. The quantitative estimate of drug-likeness (QED) is 0.583. The van der Waals surface area contributed by atoms with Gasteiger partial charge >= 0.3 is 0 Å². The highest BCUT2D eigenvalue weighted by molar-refractivity contribution is 5.90. The second kappa shape index (κ2) is 4.50. The summed E-state index contributed by atoms with van der Waals surface area (Å²) < 4.78 is 10.4. The number of methoxy groups -OCH3 is 1. The van der Waals surface area contributed by atoms with Gasteiger partial charge in [-0.3, -0.25) is 14.9 Å². The van der Waals surface area contributed by atoms with Crippen LogP contribution >= 0.6 is 0 Å². The van der Waals surface area contributed by atoms with Crippen LogP contribution in [0, 0.1) is 10.1 Å². The number of nitrogens with zero attached hydrogens (tertiary/aromatic N) is 1. The van der Waals surface area contributed by atoms with Crippen LogP contribution in [-0.2, 0) is 9.53 Å². The summed E-state index contributed by atoms with van der Waals surface area (Å²) in [4.78, 5) is 21.2. The summed E-state index contributed by atoms with van der Waals surface area (Å²) in [5, 5.41) is 10.6. The molecule has 6 nitrogen and oxygen atoms in total. The van der Waals surface area contributed by atoms with Crippen LogP contribution in [0.5, 0.6) is 5.75 Å². The van der Waals surface area contributed by atoms with Crippen LogP contribution in [0.2, 0.25) is 0 Å². The first-order valence-corrected chi connectivity index (χ1v) is 5.08. The highest BCUT2D eigenvalue weighted by Crippen LogP contribution is 2.27. The summed E-state index contributed by atoms with van der Waals surface area (Å²) in [5.41, 5.74) is -0.0397. The van der Waals surface area contributed by atoms with Gasteiger partial charge in [0, 0.05) is 19.6 Å². The van der Waals surface area contributed by atoms with Gasteiger partial charge in [0.1, 0.15) is 11.9 Å². The molecule has 0 radical (unpaired) electrons. The van der Waals surface area contributed by atoms with E-state index in [2.05, 4.69) is 0 Å². The minimum atomic E-state index is -0.561. The summed E-state index contributed by atoms with van der Waals surface area (Å²) in [6.07, 6.45) is -0.634. The molecule has 17 heavy (non-hydrogen) atoms. The smallest absolute Gasteiger partial charge is 0.273 e. The zero-order valence-corrected chi connectivity index (χ0v) is 9.16. The lowest BCUT2D eigenvalue weighted by atomic mass is 9.90. The fraction of sp³-hybridized carbons (Fsp3) is 0.364. The fourth-order valence-electron chi connectivity index (χ4n) is 1.70. The number of hydrogen-bond acceptors (Lipinski definition) is 5. The van der Waals surface area contributed by atoms with E-state index in [9.17, 15) is 14.9 Å². The Bertz CT molecular complexity index is 459. The number of ketones is 1. The Hall–Kier alpha value is -1.95. The monoisotopic (exact) mass is 237 g/mol. The predicted molar refractivity (Wildman–Crippen MR) is 57.9 cm³/mol. The van der Waals surface area contributed by atoms with Crippen LogP contribution < -0.4 is 4.74 Å².